The van der Waals surface area contributed by atoms with Gasteiger partial charge in [-0.1, -0.05) is 84.4 Å². The minimum atomic E-state index is -3.81. The number of carbonyl (C=O) groups is 1. The van der Waals surface area contributed by atoms with E-state index in [4.69, 9.17) is 0 Å². The van der Waals surface area contributed by atoms with Gasteiger partial charge in [0.25, 0.3) is 0 Å². The average molecular weight is 448 g/mol. The third kappa shape index (κ3) is 7.01. The van der Waals surface area contributed by atoms with Crippen LogP contribution in [0.3, 0.4) is 0 Å². The summed E-state index contributed by atoms with van der Waals surface area (Å²) in [6.07, 6.45) is 4.94. The van der Waals surface area contributed by atoms with Gasteiger partial charge in [-0.2, -0.15) is 5.10 Å². The van der Waals surface area contributed by atoms with Crippen molar-refractivity contribution >= 4 is 28.2 Å². The Labute approximate surface area is 188 Å². The minimum absolute atomic E-state index is 0.102. The van der Waals surface area contributed by atoms with Gasteiger partial charge in [-0.15, -0.1) is 0 Å². The standard InChI is InChI=1S/C25H25N3O3S/c1-20-14-16-23(17-15-20)32(30,31)28-24(22-12-6-3-7-13-22)19-25(29)27-26-18-8-11-21-9-4-2-5-10-21/h2-18,24,28H,19H2,1H3,(H,27,29)/b11-8+,26-18-/t24-/m0/s1. The van der Waals surface area contributed by atoms with E-state index in [1.54, 1.807) is 54.6 Å². The topological polar surface area (TPSA) is 87.6 Å². The smallest absolute Gasteiger partial charge is 0.242 e. The predicted octanol–water partition coefficient (Wildman–Crippen LogP) is 4.22. The number of hydrogen-bond acceptors (Lipinski definition) is 4. The summed E-state index contributed by atoms with van der Waals surface area (Å²) >= 11 is 0. The second-order valence-corrected chi connectivity index (χ2v) is 8.90. The highest BCUT2D eigenvalue weighted by atomic mass is 32.2. The molecule has 164 valence electrons. The molecule has 2 N–H and O–H groups in total. The molecule has 0 spiro atoms. The summed E-state index contributed by atoms with van der Waals surface area (Å²) in [5, 5.41) is 3.91. The van der Waals surface area contributed by atoms with E-state index in [-0.39, 0.29) is 11.3 Å². The van der Waals surface area contributed by atoms with Crippen LogP contribution in [0.2, 0.25) is 0 Å². The third-order valence-electron chi connectivity index (χ3n) is 4.66. The highest BCUT2D eigenvalue weighted by Crippen LogP contribution is 2.20. The number of benzene rings is 3. The van der Waals surface area contributed by atoms with Gasteiger partial charge in [0, 0.05) is 12.6 Å². The van der Waals surface area contributed by atoms with Gasteiger partial charge in [0.15, 0.2) is 0 Å². The van der Waals surface area contributed by atoms with E-state index in [2.05, 4.69) is 15.2 Å². The number of aryl methyl sites for hydroxylation is 1. The summed E-state index contributed by atoms with van der Waals surface area (Å²) in [5.74, 6) is -0.408. The first kappa shape index (κ1) is 23.1. The lowest BCUT2D eigenvalue weighted by Crippen LogP contribution is -2.32. The van der Waals surface area contributed by atoms with Crippen LogP contribution in [0.15, 0.2) is 101 Å². The summed E-state index contributed by atoms with van der Waals surface area (Å²) in [4.78, 5) is 12.6. The van der Waals surface area contributed by atoms with Crippen LogP contribution < -0.4 is 10.1 Å². The Morgan fingerprint density at radius 2 is 1.56 bits per heavy atom. The van der Waals surface area contributed by atoms with Gasteiger partial charge in [-0.3, -0.25) is 4.79 Å². The maximum atomic E-state index is 12.9. The molecule has 0 unspecified atom stereocenters. The molecular formula is C25H25N3O3S. The van der Waals surface area contributed by atoms with Crippen LogP contribution in [-0.2, 0) is 14.8 Å². The number of carbonyl (C=O) groups excluding carboxylic acids is 1. The van der Waals surface area contributed by atoms with Crippen LogP contribution in [0.25, 0.3) is 6.08 Å². The molecule has 0 saturated heterocycles. The summed E-state index contributed by atoms with van der Waals surface area (Å²) < 4.78 is 28.4. The van der Waals surface area contributed by atoms with Gasteiger partial charge >= 0.3 is 0 Å². The van der Waals surface area contributed by atoms with Crippen molar-refractivity contribution in [3.63, 3.8) is 0 Å². The normalized spacial score (nSPS) is 12.8. The van der Waals surface area contributed by atoms with Crippen molar-refractivity contribution in [2.45, 2.75) is 24.3 Å². The zero-order chi connectivity index (χ0) is 22.8. The molecule has 0 radical (unpaired) electrons. The van der Waals surface area contributed by atoms with E-state index in [9.17, 15) is 13.2 Å². The summed E-state index contributed by atoms with van der Waals surface area (Å²) in [6.45, 7) is 1.89. The first-order valence-electron chi connectivity index (χ1n) is 10.1. The fourth-order valence-electron chi connectivity index (χ4n) is 2.99. The summed E-state index contributed by atoms with van der Waals surface area (Å²) in [7, 11) is -3.81. The van der Waals surface area contributed by atoms with E-state index in [1.165, 1.54) is 6.21 Å². The number of nitrogens with zero attached hydrogens (tertiary/aromatic N) is 1. The first-order chi connectivity index (χ1) is 15.4. The molecule has 7 heteroatoms. The molecule has 3 rings (SSSR count). The van der Waals surface area contributed by atoms with E-state index >= 15 is 0 Å². The predicted molar refractivity (Wildman–Crippen MR) is 127 cm³/mol. The molecular weight excluding hydrogens is 422 g/mol. The van der Waals surface area contributed by atoms with Crippen molar-refractivity contribution in [1.82, 2.24) is 10.1 Å². The molecule has 32 heavy (non-hydrogen) atoms. The van der Waals surface area contributed by atoms with Crippen LogP contribution in [0.4, 0.5) is 0 Å². The van der Waals surface area contributed by atoms with Crippen LogP contribution in [-0.4, -0.2) is 20.5 Å². The van der Waals surface area contributed by atoms with Crippen molar-refractivity contribution in [3.8, 4) is 0 Å². The molecule has 6 nitrogen and oxygen atoms in total. The lowest BCUT2D eigenvalue weighted by molar-refractivity contribution is -0.121. The Hall–Kier alpha value is -3.55. The van der Waals surface area contributed by atoms with E-state index in [1.807, 2.05) is 49.4 Å². The first-order valence-corrected chi connectivity index (χ1v) is 11.6. The van der Waals surface area contributed by atoms with Gasteiger partial charge in [-0.05, 0) is 36.3 Å². The lowest BCUT2D eigenvalue weighted by Gasteiger charge is -2.18. The molecule has 3 aromatic carbocycles. The van der Waals surface area contributed by atoms with E-state index in [0.717, 1.165) is 11.1 Å². The molecule has 0 fully saturated rings. The Bertz CT molecular complexity index is 1170. The highest BCUT2D eigenvalue weighted by molar-refractivity contribution is 7.89. The Morgan fingerprint density at radius 3 is 2.22 bits per heavy atom. The fourth-order valence-corrected chi connectivity index (χ4v) is 4.21. The Kier molecular flexibility index (Phi) is 8.08. The quantitative estimate of drug-likeness (QED) is 0.380. The number of sulfonamides is 1. The molecule has 0 saturated carbocycles. The summed E-state index contributed by atoms with van der Waals surface area (Å²) in [6, 6.07) is 24.5. The number of allylic oxidation sites excluding steroid dienone is 1. The number of hydrazone groups is 1. The molecule has 0 aromatic heterocycles. The van der Waals surface area contributed by atoms with E-state index in [0.29, 0.717) is 5.56 Å². The van der Waals surface area contributed by atoms with Gasteiger partial charge in [-0.25, -0.2) is 18.6 Å². The van der Waals surface area contributed by atoms with Crippen molar-refractivity contribution < 1.29 is 13.2 Å². The highest BCUT2D eigenvalue weighted by Gasteiger charge is 2.23. The molecule has 1 atom stereocenters. The molecule has 0 aliphatic heterocycles. The van der Waals surface area contributed by atoms with Crippen LogP contribution in [0.5, 0.6) is 0 Å². The monoisotopic (exact) mass is 447 g/mol. The average Bonchev–Trinajstić information content (AvgIpc) is 2.80. The van der Waals surface area contributed by atoms with E-state index < -0.39 is 22.0 Å². The SMILES string of the molecule is Cc1ccc(S(=O)(=O)N[C@@H](CC(=O)N/N=C\C=C\c2ccccc2)c2ccccc2)cc1. The zero-order valence-electron chi connectivity index (χ0n) is 17.7. The molecule has 0 aliphatic rings. The molecule has 0 aliphatic carbocycles. The second-order valence-electron chi connectivity index (χ2n) is 7.18. The number of amides is 1. The van der Waals surface area contributed by atoms with Crippen LogP contribution >= 0.6 is 0 Å². The molecule has 3 aromatic rings. The van der Waals surface area contributed by atoms with Crippen LogP contribution in [0.1, 0.15) is 29.2 Å². The fraction of sp³-hybridized carbons (Fsp3) is 0.120. The number of nitrogens with one attached hydrogen (secondary N) is 2. The van der Waals surface area contributed by atoms with Gasteiger partial charge in [0.1, 0.15) is 0 Å². The Morgan fingerprint density at radius 1 is 0.938 bits per heavy atom. The van der Waals surface area contributed by atoms with Gasteiger partial charge in [0.05, 0.1) is 10.9 Å². The Balaban J connectivity index is 1.67. The van der Waals surface area contributed by atoms with Gasteiger partial charge < -0.3 is 0 Å². The molecule has 1 amide bonds. The maximum Gasteiger partial charge on any atom is 0.242 e. The zero-order valence-corrected chi connectivity index (χ0v) is 18.5. The molecule has 0 bridgehead atoms. The summed E-state index contributed by atoms with van der Waals surface area (Å²) in [5.41, 5.74) is 5.11. The van der Waals surface area contributed by atoms with Crippen molar-refractivity contribution in [1.29, 1.82) is 0 Å². The number of rotatable bonds is 9. The van der Waals surface area contributed by atoms with Gasteiger partial charge in [0.2, 0.25) is 15.9 Å². The lowest BCUT2D eigenvalue weighted by atomic mass is 10.0. The van der Waals surface area contributed by atoms with Crippen molar-refractivity contribution in [2.75, 3.05) is 0 Å². The maximum absolute atomic E-state index is 12.9. The number of hydrogen-bond donors (Lipinski definition) is 2. The largest absolute Gasteiger partial charge is 0.273 e. The van der Waals surface area contributed by atoms with Crippen molar-refractivity contribution in [2.24, 2.45) is 5.10 Å². The minimum Gasteiger partial charge on any atom is -0.273 e. The second kappa shape index (κ2) is 11.2. The van der Waals surface area contributed by atoms with Crippen LogP contribution in [0, 0.1) is 6.92 Å². The third-order valence-corrected chi connectivity index (χ3v) is 6.15. The molecule has 0 heterocycles. The van der Waals surface area contributed by atoms with Crippen molar-refractivity contribution in [3.05, 3.63) is 108 Å².